The lowest BCUT2D eigenvalue weighted by Gasteiger charge is -2.12. The van der Waals surface area contributed by atoms with E-state index in [1.54, 1.807) is 19.3 Å². The van der Waals surface area contributed by atoms with Gasteiger partial charge < -0.3 is 4.57 Å². The molecule has 0 aliphatic rings. The average molecular weight is 395 g/mol. The van der Waals surface area contributed by atoms with Crippen LogP contribution in [0.1, 0.15) is 19.5 Å². The van der Waals surface area contributed by atoms with Gasteiger partial charge in [-0.2, -0.15) is 0 Å². The van der Waals surface area contributed by atoms with E-state index in [-0.39, 0.29) is 0 Å². The maximum Gasteiger partial charge on any atom is 0.188 e. The van der Waals surface area contributed by atoms with Crippen LogP contribution in [0, 0.1) is 6.92 Å². The van der Waals surface area contributed by atoms with E-state index < -0.39 is 7.14 Å². The summed E-state index contributed by atoms with van der Waals surface area (Å²) in [6.07, 6.45) is 4.39. The average Bonchev–Trinajstić information content (AvgIpc) is 2.65. The van der Waals surface area contributed by atoms with Crippen molar-refractivity contribution in [2.75, 3.05) is 12.3 Å². The van der Waals surface area contributed by atoms with Crippen LogP contribution < -0.4 is 5.57 Å². The number of pyridine rings is 2. The zero-order valence-electron chi connectivity index (χ0n) is 14.1. The molecule has 3 aromatic rings. The van der Waals surface area contributed by atoms with Gasteiger partial charge in [-0.3, -0.25) is 0 Å². The number of fused-ring (bicyclic) bond motifs is 1. The van der Waals surface area contributed by atoms with E-state index in [9.17, 15) is 4.57 Å². The van der Waals surface area contributed by atoms with Crippen molar-refractivity contribution in [3.63, 3.8) is 0 Å². The van der Waals surface area contributed by atoms with Crippen LogP contribution in [0.5, 0.6) is 0 Å². The Balaban J connectivity index is 2.06. The molecule has 0 saturated carbocycles. The summed E-state index contributed by atoms with van der Waals surface area (Å²) in [4.78, 5) is 17.6. The third-order valence-corrected chi connectivity index (χ3v) is 8.13. The van der Waals surface area contributed by atoms with Crippen molar-refractivity contribution in [3.05, 3.63) is 40.3 Å². The Hall–Kier alpha value is -1.55. The molecule has 0 saturated heterocycles. The summed E-state index contributed by atoms with van der Waals surface area (Å²) >= 11 is 12.5. The predicted octanol–water partition coefficient (Wildman–Crippen LogP) is 4.73. The summed E-state index contributed by atoms with van der Waals surface area (Å²) in [5.41, 5.74) is 3.67. The molecule has 0 amide bonds. The number of hydrogen-bond acceptors (Lipinski definition) is 5. The fourth-order valence-electron chi connectivity index (χ4n) is 2.53. The van der Waals surface area contributed by atoms with Gasteiger partial charge in [0.25, 0.3) is 0 Å². The van der Waals surface area contributed by atoms with Gasteiger partial charge in [0.15, 0.2) is 12.7 Å². The molecule has 130 valence electrons. The van der Waals surface area contributed by atoms with Gasteiger partial charge >= 0.3 is 0 Å². The SMILES string of the molecule is CCP(=O)(CC)c1ncc(-c2ccc3nc(C)c(Cl)c(Cl)c3n2)cn1. The Kier molecular flexibility index (Phi) is 5.10. The Labute approximate surface area is 156 Å². The van der Waals surface area contributed by atoms with E-state index in [1.807, 2.05) is 26.0 Å². The molecule has 0 radical (unpaired) electrons. The van der Waals surface area contributed by atoms with Crippen LogP contribution in [0.2, 0.25) is 10.0 Å². The molecule has 0 aliphatic carbocycles. The fraction of sp³-hybridized carbons (Fsp3) is 0.294. The summed E-state index contributed by atoms with van der Waals surface area (Å²) in [6, 6.07) is 3.67. The molecule has 0 atom stereocenters. The maximum atomic E-state index is 12.7. The Morgan fingerprint density at radius 2 is 1.64 bits per heavy atom. The second kappa shape index (κ2) is 6.99. The summed E-state index contributed by atoms with van der Waals surface area (Å²) < 4.78 is 12.7. The van der Waals surface area contributed by atoms with E-state index in [1.165, 1.54) is 0 Å². The molecular weight excluding hydrogens is 378 g/mol. The smallest absolute Gasteiger partial charge is 0.188 e. The lowest BCUT2D eigenvalue weighted by atomic mass is 10.2. The maximum absolute atomic E-state index is 12.7. The quantitative estimate of drug-likeness (QED) is 0.598. The van der Waals surface area contributed by atoms with Gasteiger partial charge in [0, 0.05) is 30.3 Å². The van der Waals surface area contributed by atoms with Crippen LogP contribution in [-0.2, 0) is 4.57 Å². The molecular formula is C17H17Cl2N4OP. The van der Waals surface area contributed by atoms with Crippen LogP contribution in [0.25, 0.3) is 22.3 Å². The fourth-order valence-corrected chi connectivity index (χ4v) is 4.48. The molecule has 8 heteroatoms. The minimum Gasteiger partial charge on any atom is -0.315 e. The Morgan fingerprint density at radius 1 is 1.00 bits per heavy atom. The first-order valence-corrected chi connectivity index (χ1v) is 10.8. The molecule has 0 fully saturated rings. The zero-order valence-corrected chi connectivity index (χ0v) is 16.5. The number of halogens is 2. The highest BCUT2D eigenvalue weighted by Crippen LogP contribution is 2.41. The van der Waals surface area contributed by atoms with Crippen molar-refractivity contribution in [2.24, 2.45) is 0 Å². The molecule has 0 unspecified atom stereocenters. The number of hydrogen-bond donors (Lipinski definition) is 0. The van der Waals surface area contributed by atoms with Crippen molar-refractivity contribution in [1.82, 2.24) is 19.9 Å². The minimum atomic E-state index is -2.50. The van der Waals surface area contributed by atoms with Crippen molar-refractivity contribution < 1.29 is 4.57 Å². The van der Waals surface area contributed by atoms with E-state index in [4.69, 9.17) is 23.2 Å². The van der Waals surface area contributed by atoms with Crippen LogP contribution >= 0.6 is 30.3 Å². The predicted molar refractivity (Wildman–Crippen MR) is 104 cm³/mol. The van der Waals surface area contributed by atoms with Gasteiger partial charge in [-0.15, -0.1) is 0 Å². The lowest BCUT2D eigenvalue weighted by Crippen LogP contribution is -2.16. The van der Waals surface area contributed by atoms with Crippen LogP contribution in [0.4, 0.5) is 0 Å². The monoisotopic (exact) mass is 394 g/mol. The Morgan fingerprint density at radius 3 is 2.24 bits per heavy atom. The summed E-state index contributed by atoms with van der Waals surface area (Å²) in [5, 5.41) is 0.780. The second-order valence-corrected chi connectivity index (χ2v) is 9.88. The van der Waals surface area contributed by atoms with Gasteiger partial charge in [-0.25, -0.2) is 19.9 Å². The molecule has 0 N–H and O–H groups in total. The van der Waals surface area contributed by atoms with Crippen LogP contribution in [0.3, 0.4) is 0 Å². The standard InChI is InChI=1S/C17H17Cl2N4OP/c1-4-25(24,5-2)17-20-8-11(9-21-17)12-6-7-13-16(23-12)15(19)14(18)10(3)22-13/h6-9H,4-5H2,1-3H3. The lowest BCUT2D eigenvalue weighted by molar-refractivity contribution is 0.581. The van der Waals surface area contributed by atoms with Gasteiger partial charge in [0.05, 0.1) is 26.9 Å². The normalized spacial score (nSPS) is 11.9. The summed E-state index contributed by atoms with van der Waals surface area (Å²) in [6.45, 7) is 5.59. The molecule has 0 bridgehead atoms. The first-order valence-electron chi connectivity index (χ1n) is 7.93. The van der Waals surface area contributed by atoms with Crippen molar-refractivity contribution in [2.45, 2.75) is 20.8 Å². The largest absolute Gasteiger partial charge is 0.315 e. The van der Waals surface area contributed by atoms with E-state index in [2.05, 4.69) is 19.9 Å². The van der Waals surface area contributed by atoms with Gasteiger partial charge in [0.1, 0.15) is 5.52 Å². The molecule has 3 rings (SSSR count). The first kappa shape index (κ1) is 18.2. The molecule has 0 aromatic carbocycles. The summed E-state index contributed by atoms with van der Waals surface area (Å²) in [7, 11) is -2.50. The van der Waals surface area contributed by atoms with Crippen molar-refractivity contribution in [3.8, 4) is 11.3 Å². The number of nitrogens with zero attached hydrogens (tertiary/aromatic N) is 4. The Bertz CT molecular complexity index is 984. The second-order valence-electron chi connectivity index (χ2n) is 5.68. The number of aryl methyl sites for hydroxylation is 1. The third kappa shape index (κ3) is 3.29. The highest BCUT2D eigenvalue weighted by Gasteiger charge is 2.23. The van der Waals surface area contributed by atoms with Crippen LogP contribution in [0.15, 0.2) is 24.5 Å². The molecule has 0 aliphatic heterocycles. The zero-order chi connectivity index (χ0) is 18.2. The van der Waals surface area contributed by atoms with Gasteiger partial charge in [0.2, 0.25) is 0 Å². The topological polar surface area (TPSA) is 68.6 Å². The van der Waals surface area contributed by atoms with Crippen LogP contribution in [-0.4, -0.2) is 32.3 Å². The highest BCUT2D eigenvalue weighted by atomic mass is 35.5. The highest BCUT2D eigenvalue weighted by molar-refractivity contribution is 7.71. The minimum absolute atomic E-state index is 0.380. The first-order chi connectivity index (χ1) is 11.9. The van der Waals surface area contributed by atoms with Gasteiger partial charge in [-0.1, -0.05) is 37.0 Å². The van der Waals surface area contributed by atoms with Gasteiger partial charge in [-0.05, 0) is 19.1 Å². The number of aromatic nitrogens is 4. The van der Waals surface area contributed by atoms with E-state index in [0.29, 0.717) is 50.4 Å². The van der Waals surface area contributed by atoms with E-state index in [0.717, 1.165) is 5.56 Å². The molecule has 3 heterocycles. The molecule has 3 aromatic heterocycles. The molecule has 0 spiro atoms. The van der Waals surface area contributed by atoms with Crippen molar-refractivity contribution in [1.29, 1.82) is 0 Å². The summed E-state index contributed by atoms with van der Waals surface area (Å²) in [5.74, 6) is 0. The third-order valence-electron chi connectivity index (χ3n) is 4.20. The van der Waals surface area contributed by atoms with Crippen molar-refractivity contribution >= 4 is 46.9 Å². The number of rotatable bonds is 4. The molecule has 5 nitrogen and oxygen atoms in total. The van der Waals surface area contributed by atoms with E-state index >= 15 is 0 Å². The molecule has 25 heavy (non-hydrogen) atoms.